The maximum atomic E-state index is 12.5. The fourth-order valence-electron chi connectivity index (χ4n) is 2.67. The number of hydrogen-bond acceptors (Lipinski definition) is 3. The summed E-state index contributed by atoms with van der Waals surface area (Å²) in [7, 11) is 1.60. The Morgan fingerprint density at radius 2 is 1.88 bits per heavy atom. The van der Waals surface area contributed by atoms with Crippen molar-refractivity contribution in [2.45, 2.75) is 6.10 Å². The third kappa shape index (κ3) is 4.57. The van der Waals surface area contributed by atoms with Gasteiger partial charge in [-0.05, 0) is 48.0 Å². The zero-order valence-corrected chi connectivity index (χ0v) is 15.2. The van der Waals surface area contributed by atoms with Crippen molar-refractivity contribution < 1.29 is 14.3 Å². The first-order valence-electron chi connectivity index (χ1n) is 7.83. The summed E-state index contributed by atoms with van der Waals surface area (Å²) >= 11 is 12.1. The van der Waals surface area contributed by atoms with Gasteiger partial charge >= 0.3 is 6.03 Å². The van der Waals surface area contributed by atoms with E-state index in [-0.39, 0.29) is 12.1 Å². The second-order valence-electron chi connectivity index (χ2n) is 5.67. The number of methoxy groups -OCH3 is 1. The number of hydrogen-bond donors (Lipinski definition) is 1. The third-order valence-corrected chi connectivity index (χ3v) is 4.39. The molecule has 1 unspecified atom stereocenters. The van der Waals surface area contributed by atoms with Crippen molar-refractivity contribution in [3.05, 3.63) is 58.1 Å². The van der Waals surface area contributed by atoms with Gasteiger partial charge in [0.15, 0.2) is 0 Å². The quantitative estimate of drug-likeness (QED) is 0.845. The topological polar surface area (TPSA) is 50.8 Å². The van der Waals surface area contributed by atoms with Crippen molar-refractivity contribution in [3.63, 3.8) is 0 Å². The first-order valence-corrected chi connectivity index (χ1v) is 8.58. The van der Waals surface area contributed by atoms with E-state index in [1.807, 2.05) is 12.1 Å². The number of nitrogens with one attached hydrogen (secondary N) is 1. The van der Waals surface area contributed by atoms with E-state index < -0.39 is 0 Å². The van der Waals surface area contributed by atoms with Crippen LogP contribution in [-0.2, 0) is 4.74 Å². The lowest BCUT2D eigenvalue weighted by atomic mass is 10.1. The molecule has 0 saturated carbocycles. The Morgan fingerprint density at radius 3 is 2.52 bits per heavy atom. The zero-order valence-electron chi connectivity index (χ0n) is 13.7. The molecule has 0 spiro atoms. The maximum Gasteiger partial charge on any atom is 0.322 e. The van der Waals surface area contributed by atoms with Crippen molar-refractivity contribution in [1.82, 2.24) is 4.90 Å². The van der Waals surface area contributed by atoms with E-state index in [2.05, 4.69) is 5.32 Å². The van der Waals surface area contributed by atoms with E-state index in [4.69, 9.17) is 32.7 Å². The van der Waals surface area contributed by atoms with Gasteiger partial charge in [0.1, 0.15) is 11.9 Å². The lowest BCUT2D eigenvalue weighted by molar-refractivity contribution is -0.0134. The number of anilines is 1. The van der Waals surface area contributed by atoms with Crippen LogP contribution in [0.2, 0.25) is 10.0 Å². The number of amides is 2. The van der Waals surface area contributed by atoms with Crippen LogP contribution < -0.4 is 10.1 Å². The fourth-order valence-corrected chi connectivity index (χ4v) is 3.22. The van der Waals surface area contributed by atoms with E-state index >= 15 is 0 Å². The predicted molar refractivity (Wildman–Crippen MR) is 98.7 cm³/mol. The first-order chi connectivity index (χ1) is 12.0. The van der Waals surface area contributed by atoms with Crippen LogP contribution in [0.15, 0.2) is 42.5 Å². The Labute approximate surface area is 156 Å². The molecule has 2 amide bonds. The molecule has 5 nitrogen and oxygen atoms in total. The molecule has 0 radical (unpaired) electrons. The van der Waals surface area contributed by atoms with Crippen LogP contribution in [0.25, 0.3) is 0 Å². The molecule has 25 heavy (non-hydrogen) atoms. The van der Waals surface area contributed by atoms with E-state index in [9.17, 15) is 4.79 Å². The molecule has 0 aromatic heterocycles. The molecule has 2 aromatic rings. The van der Waals surface area contributed by atoms with Gasteiger partial charge < -0.3 is 19.7 Å². The van der Waals surface area contributed by atoms with Gasteiger partial charge in [-0.15, -0.1) is 0 Å². The van der Waals surface area contributed by atoms with Crippen LogP contribution in [0, 0.1) is 0 Å². The Balaban J connectivity index is 1.66. The average Bonchev–Trinajstić information content (AvgIpc) is 2.61. The molecule has 1 atom stereocenters. The van der Waals surface area contributed by atoms with Crippen molar-refractivity contribution in [2.24, 2.45) is 0 Å². The van der Waals surface area contributed by atoms with Gasteiger partial charge in [0.2, 0.25) is 0 Å². The van der Waals surface area contributed by atoms with E-state index in [1.165, 1.54) is 0 Å². The maximum absolute atomic E-state index is 12.5. The number of carbonyl (C=O) groups is 1. The molecule has 3 rings (SSSR count). The van der Waals surface area contributed by atoms with E-state index in [0.29, 0.717) is 35.4 Å². The summed E-state index contributed by atoms with van der Waals surface area (Å²) in [6.07, 6.45) is -0.258. The minimum atomic E-state index is -0.258. The Morgan fingerprint density at radius 1 is 1.20 bits per heavy atom. The fraction of sp³-hybridized carbons (Fsp3) is 0.278. The molecule has 132 valence electrons. The molecule has 7 heteroatoms. The highest BCUT2D eigenvalue weighted by Crippen LogP contribution is 2.28. The number of benzene rings is 2. The molecule has 0 aliphatic carbocycles. The van der Waals surface area contributed by atoms with Crippen LogP contribution in [0.1, 0.15) is 11.7 Å². The second kappa shape index (κ2) is 7.95. The number of urea groups is 1. The molecular formula is C18H18Cl2N2O3. The van der Waals surface area contributed by atoms with Gasteiger partial charge in [0.05, 0.1) is 20.3 Å². The molecule has 1 aliphatic rings. The number of halogens is 2. The molecule has 1 saturated heterocycles. The molecule has 2 aromatic carbocycles. The third-order valence-electron chi connectivity index (χ3n) is 3.95. The number of carbonyl (C=O) groups excluding carboxylic acids is 1. The summed E-state index contributed by atoms with van der Waals surface area (Å²) in [5, 5.41) is 3.98. The summed E-state index contributed by atoms with van der Waals surface area (Å²) in [5.41, 5.74) is 1.57. The van der Waals surface area contributed by atoms with Crippen LogP contribution in [0.3, 0.4) is 0 Å². The molecule has 1 N–H and O–H groups in total. The van der Waals surface area contributed by atoms with Crippen LogP contribution in [-0.4, -0.2) is 37.7 Å². The summed E-state index contributed by atoms with van der Waals surface area (Å²) in [6.45, 7) is 1.40. The monoisotopic (exact) mass is 380 g/mol. The standard InChI is InChI=1S/C18H18Cl2N2O3/c1-24-16-4-2-15(3-5-16)21-18(23)22-6-7-25-17(11-22)12-8-13(19)10-14(20)9-12/h2-5,8-10,17H,6-7,11H2,1H3,(H,21,23). The van der Waals surface area contributed by atoms with Crippen molar-refractivity contribution in [2.75, 3.05) is 32.1 Å². The van der Waals surface area contributed by atoms with Gasteiger partial charge in [0, 0.05) is 22.3 Å². The molecular weight excluding hydrogens is 363 g/mol. The first kappa shape index (κ1) is 17.9. The summed E-state index contributed by atoms with van der Waals surface area (Å²) in [4.78, 5) is 14.2. The highest BCUT2D eigenvalue weighted by molar-refractivity contribution is 6.34. The van der Waals surface area contributed by atoms with Gasteiger partial charge in [-0.2, -0.15) is 0 Å². The Kier molecular flexibility index (Phi) is 5.68. The predicted octanol–water partition coefficient (Wildman–Crippen LogP) is 4.61. The number of rotatable bonds is 3. The Hall–Kier alpha value is -1.95. The average molecular weight is 381 g/mol. The normalized spacial score (nSPS) is 17.2. The number of morpholine rings is 1. The van der Waals surface area contributed by atoms with E-state index in [0.717, 1.165) is 11.3 Å². The Bertz CT molecular complexity index is 732. The zero-order chi connectivity index (χ0) is 17.8. The van der Waals surface area contributed by atoms with Crippen LogP contribution in [0.4, 0.5) is 10.5 Å². The van der Waals surface area contributed by atoms with Crippen molar-refractivity contribution in [3.8, 4) is 5.75 Å². The van der Waals surface area contributed by atoms with Crippen LogP contribution in [0.5, 0.6) is 5.75 Å². The summed E-state index contributed by atoms with van der Waals surface area (Å²) in [6, 6.07) is 12.3. The number of ether oxygens (including phenoxy) is 2. The molecule has 1 fully saturated rings. The largest absolute Gasteiger partial charge is 0.497 e. The van der Waals surface area contributed by atoms with Crippen molar-refractivity contribution >= 4 is 34.9 Å². The SMILES string of the molecule is COc1ccc(NC(=O)N2CCOC(c3cc(Cl)cc(Cl)c3)C2)cc1. The minimum absolute atomic E-state index is 0.174. The molecule has 1 heterocycles. The summed E-state index contributed by atoms with van der Waals surface area (Å²) in [5.74, 6) is 0.738. The smallest absolute Gasteiger partial charge is 0.322 e. The molecule has 1 aliphatic heterocycles. The second-order valence-corrected chi connectivity index (χ2v) is 6.54. The summed E-state index contributed by atoms with van der Waals surface area (Å²) < 4.78 is 10.9. The lowest BCUT2D eigenvalue weighted by Gasteiger charge is -2.33. The number of nitrogens with zero attached hydrogens (tertiary/aromatic N) is 1. The highest BCUT2D eigenvalue weighted by Gasteiger charge is 2.26. The van der Waals surface area contributed by atoms with Gasteiger partial charge in [0.25, 0.3) is 0 Å². The minimum Gasteiger partial charge on any atom is -0.497 e. The van der Waals surface area contributed by atoms with E-state index in [1.54, 1.807) is 42.3 Å². The van der Waals surface area contributed by atoms with Gasteiger partial charge in [-0.1, -0.05) is 23.2 Å². The van der Waals surface area contributed by atoms with Gasteiger partial charge in [-0.25, -0.2) is 4.79 Å². The highest BCUT2D eigenvalue weighted by atomic mass is 35.5. The lowest BCUT2D eigenvalue weighted by Crippen LogP contribution is -2.44. The van der Waals surface area contributed by atoms with Gasteiger partial charge in [-0.3, -0.25) is 0 Å². The van der Waals surface area contributed by atoms with Crippen LogP contribution >= 0.6 is 23.2 Å². The van der Waals surface area contributed by atoms with Crippen molar-refractivity contribution in [1.29, 1.82) is 0 Å². The molecule has 0 bridgehead atoms.